The van der Waals surface area contributed by atoms with E-state index in [4.69, 9.17) is 5.73 Å². The van der Waals surface area contributed by atoms with Crippen molar-refractivity contribution < 1.29 is 18.0 Å². The Hall–Kier alpha value is -0.840. The number of nitrogens with two attached hydrogens (primary N) is 1. The number of carbonyl (C=O) groups excluding carboxylic acids is 1. The van der Waals surface area contributed by atoms with E-state index in [2.05, 4.69) is 6.58 Å². The van der Waals surface area contributed by atoms with E-state index in [0.29, 0.717) is 18.9 Å². The molecule has 0 aliphatic carbocycles. The second-order valence-electron chi connectivity index (χ2n) is 3.40. The molecule has 1 atom stereocenters. The summed E-state index contributed by atoms with van der Waals surface area (Å²) in [7, 11) is 0. The molecule has 0 fully saturated rings. The summed E-state index contributed by atoms with van der Waals surface area (Å²) in [5, 5.41) is 0. The van der Waals surface area contributed by atoms with Crippen molar-refractivity contribution in [2.24, 2.45) is 5.73 Å². The van der Waals surface area contributed by atoms with Crippen molar-refractivity contribution in [1.82, 2.24) is 0 Å². The van der Waals surface area contributed by atoms with Crippen molar-refractivity contribution in [3.63, 3.8) is 0 Å². The maximum atomic E-state index is 12.3. The van der Waals surface area contributed by atoms with Gasteiger partial charge < -0.3 is 5.73 Å². The fourth-order valence-electron chi connectivity index (χ4n) is 0.694. The largest absolute Gasteiger partial charge is 0.413 e. The van der Waals surface area contributed by atoms with Crippen LogP contribution in [0.5, 0.6) is 0 Å². The first-order valence-electron chi connectivity index (χ1n) is 4.18. The lowest BCUT2D eigenvalue weighted by Gasteiger charge is -2.26. The van der Waals surface area contributed by atoms with Crippen LogP contribution in [0.3, 0.4) is 0 Å². The van der Waals surface area contributed by atoms with E-state index in [9.17, 15) is 18.0 Å². The Morgan fingerprint density at radius 1 is 1.43 bits per heavy atom. The van der Waals surface area contributed by atoms with Crippen LogP contribution in [0.1, 0.15) is 26.7 Å². The first-order chi connectivity index (χ1) is 6.13. The predicted molar refractivity (Wildman–Crippen MR) is 47.7 cm³/mol. The third-order valence-electron chi connectivity index (χ3n) is 2.08. The molecule has 0 aromatic rings. The van der Waals surface area contributed by atoms with Crippen LogP contribution < -0.4 is 5.73 Å². The van der Waals surface area contributed by atoms with Crippen molar-refractivity contribution in [3.8, 4) is 0 Å². The van der Waals surface area contributed by atoms with Gasteiger partial charge in [0.1, 0.15) is 0 Å². The number of halogens is 3. The van der Waals surface area contributed by atoms with Crippen LogP contribution in [0.15, 0.2) is 12.2 Å². The number of rotatable bonds is 4. The molecule has 0 aliphatic heterocycles. The fourth-order valence-corrected chi connectivity index (χ4v) is 0.694. The molecule has 0 rings (SSSR count). The normalized spacial score (nSPS) is 16.1. The fraction of sp³-hybridized carbons (Fsp3) is 0.667. The number of allylic oxidation sites excluding steroid dienone is 1. The number of alkyl halides is 3. The highest BCUT2D eigenvalue weighted by Gasteiger charge is 2.53. The second-order valence-corrected chi connectivity index (χ2v) is 3.40. The zero-order valence-electron chi connectivity index (χ0n) is 8.24. The minimum absolute atomic E-state index is 0.316. The van der Waals surface area contributed by atoms with Crippen molar-refractivity contribution in [2.75, 3.05) is 0 Å². The molecule has 2 nitrogen and oxygen atoms in total. The van der Waals surface area contributed by atoms with Crippen molar-refractivity contribution in [2.45, 2.75) is 38.4 Å². The smallest absolute Gasteiger partial charge is 0.312 e. The Bertz CT molecular complexity index is 243. The van der Waals surface area contributed by atoms with Gasteiger partial charge in [0.2, 0.25) is 0 Å². The summed E-state index contributed by atoms with van der Waals surface area (Å²) in [6, 6.07) is 0. The molecule has 0 saturated carbocycles. The van der Waals surface area contributed by atoms with Gasteiger partial charge in [-0.2, -0.15) is 13.2 Å². The molecule has 0 aliphatic rings. The van der Waals surface area contributed by atoms with Crippen LogP contribution in [-0.2, 0) is 4.79 Å². The maximum absolute atomic E-state index is 12.3. The monoisotopic (exact) mass is 209 g/mol. The first-order valence-corrected chi connectivity index (χ1v) is 4.18. The molecule has 82 valence electrons. The molecular formula is C9H14F3NO. The first kappa shape index (κ1) is 13.2. The molecule has 1 unspecified atom stereocenters. The molecule has 0 saturated heterocycles. The van der Waals surface area contributed by atoms with Gasteiger partial charge in [-0.05, 0) is 13.3 Å². The lowest BCUT2D eigenvalue weighted by atomic mass is 9.92. The maximum Gasteiger partial charge on any atom is 0.413 e. The van der Waals surface area contributed by atoms with E-state index in [-0.39, 0.29) is 6.42 Å². The molecule has 0 spiro atoms. The average molecular weight is 209 g/mol. The van der Waals surface area contributed by atoms with E-state index in [1.54, 1.807) is 6.92 Å². The van der Waals surface area contributed by atoms with Crippen LogP contribution in [0.2, 0.25) is 0 Å². The lowest BCUT2D eigenvalue weighted by Crippen LogP contribution is -2.57. The zero-order chi connectivity index (χ0) is 11.6. The van der Waals surface area contributed by atoms with E-state index in [1.165, 1.54) is 0 Å². The van der Waals surface area contributed by atoms with E-state index in [1.807, 2.05) is 0 Å². The summed E-state index contributed by atoms with van der Waals surface area (Å²) in [5.74, 6) is -1.04. The van der Waals surface area contributed by atoms with Crippen LogP contribution in [0.25, 0.3) is 0 Å². The van der Waals surface area contributed by atoms with Crippen LogP contribution >= 0.6 is 0 Å². The molecule has 2 N–H and O–H groups in total. The summed E-state index contributed by atoms with van der Waals surface area (Å²) < 4.78 is 36.8. The predicted octanol–water partition coefficient (Wildman–Crippen LogP) is 2.19. The third kappa shape index (κ3) is 2.83. The number of Topliss-reactive ketones (excluding diaryl/α,β-unsaturated/α-hetero) is 1. The average Bonchev–Trinajstić information content (AvgIpc) is 2.01. The van der Waals surface area contributed by atoms with E-state index < -0.39 is 17.5 Å². The minimum Gasteiger partial charge on any atom is -0.312 e. The Morgan fingerprint density at radius 2 is 1.86 bits per heavy atom. The molecule has 0 radical (unpaired) electrons. The second kappa shape index (κ2) is 4.13. The molecule has 14 heavy (non-hydrogen) atoms. The Morgan fingerprint density at radius 3 is 2.14 bits per heavy atom. The quantitative estimate of drug-likeness (QED) is 0.721. The van der Waals surface area contributed by atoms with Gasteiger partial charge in [-0.25, -0.2) is 0 Å². The highest BCUT2D eigenvalue weighted by atomic mass is 19.4. The van der Waals surface area contributed by atoms with Crippen LogP contribution in [0, 0.1) is 0 Å². The Balaban J connectivity index is 4.61. The number of carbonyl (C=O) groups is 1. The van der Waals surface area contributed by atoms with Gasteiger partial charge >= 0.3 is 6.18 Å². The summed E-state index contributed by atoms with van der Waals surface area (Å²) in [5.41, 5.74) is 2.61. The van der Waals surface area contributed by atoms with Gasteiger partial charge in [-0.1, -0.05) is 19.1 Å². The summed E-state index contributed by atoms with van der Waals surface area (Å²) in [6.45, 7) is 5.86. The SMILES string of the molecule is C=C(CC)CC(=O)C(C)(N)C(F)(F)F. The minimum atomic E-state index is -4.71. The van der Waals surface area contributed by atoms with Crippen LogP contribution in [-0.4, -0.2) is 17.5 Å². The van der Waals surface area contributed by atoms with Gasteiger partial charge in [0.15, 0.2) is 11.3 Å². The number of ketones is 1. The Kier molecular flexibility index (Phi) is 3.88. The molecule has 0 bridgehead atoms. The van der Waals surface area contributed by atoms with Gasteiger partial charge in [-0.15, -0.1) is 0 Å². The lowest BCUT2D eigenvalue weighted by molar-refractivity contribution is -0.185. The van der Waals surface area contributed by atoms with Crippen molar-refractivity contribution in [3.05, 3.63) is 12.2 Å². The van der Waals surface area contributed by atoms with Gasteiger partial charge in [0.25, 0.3) is 0 Å². The van der Waals surface area contributed by atoms with E-state index >= 15 is 0 Å². The molecule has 0 aromatic carbocycles. The molecule has 0 heterocycles. The highest BCUT2D eigenvalue weighted by molar-refractivity contribution is 5.90. The molecular weight excluding hydrogens is 195 g/mol. The molecule has 5 heteroatoms. The standard InChI is InChI=1S/C9H14F3NO/c1-4-6(2)5-7(14)8(3,13)9(10,11)12/h2,4-5,13H2,1,3H3. The van der Waals surface area contributed by atoms with Crippen molar-refractivity contribution >= 4 is 5.78 Å². The number of hydrogen-bond donors (Lipinski definition) is 1. The van der Waals surface area contributed by atoms with Crippen molar-refractivity contribution in [1.29, 1.82) is 0 Å². The highest BCUT2D eigenvalue weighted by Crippen LogP contribution is 2.30. The van der Waals surface area contributed by atoms with E-state index in [0.717, 1.165) is 0 Å². The zero-order valence-corrected chi connectivity index (χ0v) is 8.24. The molecule has 0 amide bonds. The summed E-state index contributed by atoms with van der Waals surface area (Å²) >= 11 is 0. The topological polar surface area (TPSA) is 43.1 Å². The third-order valence-corrected chi connectivity index (χ3v) is 2.08. The van der Waals surface area contributed by atoms with Crippen LogP contribution in [0.4, 0.5) is 13.2 Å². The van der Waals surface area contributed by atoms with Gasteiger partial charge in [-0.3, -0.25) is 4.79 Å². The summed E-state index contributed by atoms with van der Waals surface area (Å²) in [4.78, 5) is 11.2. The van der Waals surface area contributed by atoms with Gasteiger partial charge in [0, 0.05) is 6.42 Å². The molecule has 0 aromatic heterocycles. The Labute approximate surface area is 81.0 Å². The van der Waals surface area contributed by atoms with Gasteiger partial charge in [0.05, 0.1) is 0 Å². The summed E-state index contributed by atoms with van der Waals surface area (Å²) in [6.07, 6.45) is -4.55. The number of hydrogen-bond acceptors (Lipinski definition) is 2.